The number of anilines is 3. The topological polar surface area (TPSA) is 108 Å². The normalized spacial score (nSPS) is 10.7. The first-order valence-corrected chi connectivity index (χ1v) is 10.6. The number of hydrogen-bond donors (Lipinski definition) is 2. The molecule has 8 nitrogen and oxygen atoms in total. The molecule has 3 aromatic rings. The van der Waals surface area contributed by atoms with Crippen LogP contribution in [0.4, 0.5) is 17.1 Å². The summed E-state index contributed by atoms with van der Waals surface area (Å²) < 4.78 is 0. The highest BCUT2D eigenvalue weighted by molar-refractivity contribution is 6.40. The predicted molar refractivity (Wildman–Crippen MR) is 125 cm³/mol. The summed E-state index contributed by atoms with van der Waals surface area (Å²) in [6.45, 7) is 1.69. The Kier molecular flexibility index (Phi) is 7.73. The summed E-state index contributed by atoms with van der Waals surface area (Å²) in [5.74, 6) is -1.07. The summed E-state index contributed by atoms with van der Waals surface area (Å²) in [6.07, 6.45) is 2.54. The lowest BCUT2D eigenvalue weighted by Gasteiger charge is -2.25. The summed E-state index contributed by atoms with van der Waals surface area (Å²) in [7, 11) is 0. The third-order valence-electron chi connectivity index (χ3n) is 4.26. The van der Waals surface area contributed by atoms with Crippen LogP contribution in [0.5, 0.6) is 0 Å². The molecule has 0 saturated heterocycles. The third-order valence-corrected chi connectivity index (χ3v) is 5.36. The molecule has 2 N–H and O–H groups in total. The Morgan fingerprint density at radius 1 is 1.00 bits per heavy atom. The van der Waals surface area contributed by atoms with Crippen LogP contribution in [-0.4, -0.2) is 38.5 Å². The fourth-order valence-electron chi connectivity index (χ4n) is 2.81. The molecule has 0 aliphatic heterocycles. The standard InChI is InChI=1S/C20H15Cl4N5O3/c1-10-26-18(23)17(19(24)27-10)29(7-6-15(30)31)12-4-2-11(3-5-12)20(32)28-16-13(21)8-25-9-14(16)22/h2-5,8-9H,6-7H2,1H3,(H,30,31)(H,25,28,32). The van der Waals surface area contributed by atoms with Gasteiger partial charge >= 0.3 is 5.97 Å². The van der Waals surface area contributed by atoms with E-state index in [0.29, 0.717) is 17.1 Å². The second-order valence-electron chi connectivity index (χ2n) is 6.48. The fraction of sp³-hybridized carbons (Fsp3) is 0.150. The molecule has 0 fully saturated rings. The molecular weight excluding hydrogens is 500 g/mol. The maximum absolute atomic E-state index is 12.6. The lowest BCUT2D eigenvalue weighted by atomic mass is 10.1. The van der Waals surface area contributed by atoms with E-state index in [0.717, 1.165) is 0 Å². The van der Waals surface area contributed by atoms with Crippen LogP contribution in [0.25, 0.3) is 0 Å². The first-order valence-electron chi connectivity index (χ1n) is 9.06. The first kappa shape index (κ1) is 24.0. The van der Waals surface area contributed by atoms with Crippen molar-refractivity contribution in [3.05, 3.63) is 68.4 Å². The Bertz CT molecular complexity index is 1130. The van der Waals surface area contributed by atoms with Gasteiger partial charge in [0.25, 0.3) is 5.91 Å². The number of pyridine rings is 1. The molecule has 3 rings (SSSR count). The van der Waals surface area contributed by atoms with E-state index < -0.39 is 11.9 Å². The molecule has 2 heterocycles. The molecule has 1 amide bonds. The molecule has 32 heavy (non-hydrogen) atoms. The number of halogens is 4. The lowest BCUT2D eigenvalue weighted by molar-refractivity contribution is -0.136. The van der Waals surface area contributed by atoms with Gasteiger partial charge in [-0.15, -0.1) is 0 Å². The second-order valence-corrected chi connectivity index (χ2v) is 8.01. The number of nitrogens with one attached hydrogen (secondary N) is 1. The molecule has 0 unspecified atom stereocenters. The predicted octanol–water partition coefficient (Wildman–Crippen LogP) is 5.66. The summed E-state index contributed by atoms with van der Waals surface area (Å²) in [5, 5.41) is 12.3. The monoisotopic (exact) mass is 513 g/mol. The minimum atomic E-state index is -1.00. The van der Waals surface area contributed by atoms with Crippen molar-refractivity contribution < 1.29 is 14.7 Å². The molecule has 0 spiro atoms. The number of amides is 1. The van der Waals surface area contributed by atoms with E-state index in [4.69, 9.17) is 51.5 Å². The van der Waals surface area contributed by atoms with Crippen LogP contribution in [0.1, 0.15) is 22.6 Å². The number of benzene rings is 1. The van der Waals surface area contributed by atoms with E-state index in [2.05, 4.69) is 20.3 Å². The van der Waals surface area contributed by atoms with Crippen LogP contribution >= 0.6 is 46.4 Å². The molecule has 12 heteroatoms. The van der Waals surface area contributed by atoms with Crippen LogP contribution in [0.15, 0.2) is 36.7 Å². The van der Waals surface area contributed by atoms with Gasteiger partial charge in [-0.3, -0.25) is 14.6 Å². The molecule has 1 aromatic carbocycles. The number of carboxylic acids is 1. The van der Waals surface area contributed by atoms with Crippen molar-refractivity contribution in [2.45, 2.75) is 13.3 Å². The van der Waals surface area contributed by atoms with Gasteiger partial charge < -0.3 is 15.3 Å². The van der Waals surface area contributed by atoms with Gasteiger partial charge in [0, 0.05) is 30.2 Å². The summed E-state index contributed by atoms with van der Waals surface area (Å²) in [4.78, 5) is 37.4. The largest absolute Gasteiger partial charge is 0.481 e. The van der Waals surface area contributed by atoms with Crippen molar-refractivity contribution in [1.82, 2.24) is 15.0 Å². The number of carbonyl (C=O) groups is 2. The van der Waals surface area contributed by atoms with Crippen LogP contribution < -0.4 is 10.2 Å². The highest BCUT2D eigenvalue weighted by Crippen LogP contribution is 2.36. The first-order chi connectivity index (χ1) is 15.2. The third kappa shape index (κ3) is 5.58. The van der Waals surface area contributed by atoms with E-state index in [1.165, 1.54) is 12.4 Å². The molecule has 166 valence electrons. The van der Waals surface area contributed by atoms with Crippen LogP contribution in [0.3, 0.4) is 0 Å². The van der Waals surface area contributed by atoms with Gasteiger partial charge in [-0.05, 0) is 31.2 Å². The van der Waals surface area contributed by atoms with E-state index in [1.54, 1.807) is 36.1 Å². The molecule has 0 aliphatic rings. The number of carbonyl (C=O) groups excluding carboxylic acids is 1. The molecule has 0 saturated carbocycles. The van der Waals surface area contributed by atoms with Crippen molar-refractivity contribution in [3.8, 4) is 0 Å². The summed E-state index contributed by atoms with van der Waals surface area (Å²) in [6, 6.07) is 6.36. The number of carboxylic acid groups (broad SMARTS) is 1. The molecule has 0 bridgehead atoms. The molecule has 2 aromatic heterocycles. The Hall–Kier alpha value is -2.65. The van der Waals surface area contributed by atoms with Gasteiger partial charge in [-0.1, -0.05) is 46.4 Å². The second kappa shape index (κ2) is 10.3. The highest BCUT2D eigenvalue weighted by Gasteiger charge is 2.21. The fourth-order valence-corrected chi connectivity index (χ4v) is 3.94. The number of hydrogen-bond acceptors (Lipinski definition) is 6. The number of aromatic nitrogens is 3. The zero-order valence-corrected chi connectivity index (χ0v) is 19.5. The Morgan fingerprint density at radius 3 is 2.09 bits per heavy atom. The summed E-state index contributed by atoms with van der Waals surface area (Å²) in [5.41, 5.74) is 1.37. The smallest absolute Gasteiger partial charge is 0.305 e. The van der Waals surface area contributed by atoms with E-state index >= 15 is 0 Å². The minimum Gasteiger partial charge on any atom is -0.481 e. The van der Waals surface area contributed by atoms with Crippen molar-refractivity contribution in [2.24, 2.45) is 0 Å². The van der Waals surface area contributed by atoms with Gasteiger partial charge in [0.2, 0.25) is 0 Å². The van der Waals surface area contributed by atoms with Crippen molar-refractivity contribution in [2.75, 3.05) is 16.8 Å². The minimum absolute atomic E-state index is 0.0506. The SMILES string of the molecule is Cc1nc(Cl)c(N(CCC(=O)O)c2ccc(C(=O)Nc3c(Cl)cncc3Cl)cc2)c(Cl)n1. The van der Waals surface area contributed by atoms with Gasteiger partial charge in [0.05, 0.1) is 22.2 Å². The average molecular weight is 515 g/mol. The van der Waals surface area contributed by atoms with Crippen LogP contribution in [0, 0.1) is 6.92 Å². The van der Waals surface area contributed by atoms with E-state index in [-0.39, 0.29) is 44.7 Å². The average Bonchev–Trinajstić information content (AvgIpc) is 2.72. The van der Waals surface area contributed by atoms with E-state index in [1.807, 2.05) is 0 Å². The van der Waals surface area contributed by atoms with Crippen molar-refractivity contribution in [3.63, 3.8) is 0 Å². The highest BCUT2D eigenvalue weighted by atomic mass is 35.5. The molecule has 0 aliphatic carbocycles. The molecule has 0 radical (unpaired) electrons. The molecular formula is C20H15Cl4N5O3. The van der Waals surface area contributed by atoms with Gasteiger partial charge in [0.1, 0.15) is 11.5 Å². The quantitative estimate of drug-likeness (QED) is 0.391. The molecule has 0 atom stereocenters. The van der Waals surface area contributed by atoms with Crippen LogP contribution in [-0.2, 0) is 4.79 Å². The maximum atomic E-state index is 12.6. The van der Waals surface area contributed by atoms with E-state index in [9.17, 15) is 9.59 Å². The van der Waals surface area contributed by atoms with Gasteiger partial charge in [-0.25, -0.2) is 9.97 Å². The maximum Gasteiger partial charge on any atom is 0.305 e. The Morgan fingerprint density at radius 2 is 1.56 bits per heavy atom. The van der Waals surface area contributed by atoms with Gasteiger partial charge in [-0.2, -0.15) is 0 Å². The number of nitrogens with zero attached hydrogens (tertiary/aromatic N) is 4. The van der Waals surface area contributed by atoms with Crippen molar-refractivity contribution in [1.29, 1.82) is 0 Å². The van der Waals surface area contributed by atoms with Crippen molar-refractivity contribution >= 4 is 75.3 Å². The number of aliphatic carboxylic acids is 1. The summed E-state index contributed by atoms with van der Waals surface area (Å²) >= 11 is 24.6. The zero-order chi connectivity index (χ0) is 23.4. The number of aryl methyl sites for hydroxylation is 1. The Labute approximate surface area is 203 Å². The van der Waals surface area contributed by atoms with Gasteiger partial charge in [0.15, 0.2) is 10.3 Å². The van der Waals surface area contributed by atoms with Crippen LogP contribution in [0.2, 0.25) is 20.4 Å². The number of rotatable bonds is 7. The zero-order valence-electron chi connectivity index (χ0n) is 16.4. The lowest BCUT2D eigenvalue weighted by Crippen LogP contribution is -2.22. The Balaban J connectivity index is 1.91.